The highest BCUT2D eigenvalue weighted by molar-refractivity contribution is 5.68. The van der Waals surface area contributed by atoms with Gasteiger partial charge in [0.05, 0.1) is 27.1 Å². The molecule has 1 amide bonds. The standard InChI is InChI=1S/C27H57N2O/c1-4-5-6-7-8-9-10-11-12-13-14-15-16-17-18-19-20-21-22-24-27(30)29(2,3)26-23-25-28/h4-26,28H2,1-3H3/q+1. The van der Waals surface area contributed by atoms with Crippen LogP contribution in [0.4, 0.5) is 0 Å². The summed E-state index contributed by atoms with van der Waals surface area (Å²) >= 11 is 0. The number of carbonyl (C=O) groups excluding carboxylic acids is 1. The van der Waals surface area contributed by atoms with Gasteiger partial charge >= 0.3 is 5.91 Å². The van der Waals surface area contributed by atoms with Crippen molar-refractivity contribution in [3.63, 3.8) is 0 Å². The molecule has 0 bridgehead atoms. The van der Waals surface area contributed by atoms with E-state index in [-0.39, 0.29) is 0 Å². The Morgan fingerprint density at radius 1 is 0.567 bits per heavy atom. The minimum absolute atomic E-state index is 0.371. The second kappa shape index (κ2) is 21.8. The molecule has 0 fully saturated rings. The van der Waals surface area contributed by atoms with Crippen LogP contribution in [0.2, 0.25) is 0 Å². The van der Waals surface area contributed by atoms with Crippen LogP contribution < -0.4 is 5.73 Å². The molecule has 0 aliphatic heterocycles. The Hall–Kier alpha value is -0.410. The fourth-order valence-electron chi connectivity index (χ4n) is 4.27. The monoisotopic (exact) mass is 425 g/mol. The summed E-state index contributed by atoms with van der Waals surface area (Å²) in [6.45, 7) is 3.84. The molecule has 0 radical (unpaired) electrons. The molecule has 0 aliphatic rings. The van der Waals surface area contributed by atoms with Gasteiger partial charge in [-0.1, -0.05) is 122 Å². The Bertz CT molecular complexity index is 368. The van der Waals surface area contributed by atoms with Gasteiger partial charge in [-0.15, -0.1) is 0 Å². The third-order valence-corrected chi connectivity index (χ3v) is 6.59. The maximum atomic E-state index is 12.3. The minimum Gasteiger partial charge on any atom is -0.330 e. The van der Waals surface area contributed by atoms with Crippen molar-refractivity contribution in [3.05, 3.63) is 0 Å². The Kier molecular flexibility index (Phi) is 21.5. The van der Waals surface area contributed by atoms with Crippen molar-refractivity contribution >= 4 is 5.91 Å². The summed E-state index contributed by atoms with van der Waals surface area (Å²) in [6, 6.07) is 0. The van der Waals surface area contributed by atoms with Gasteiger partial charge in [-0.3, -0.25) is 4.48 Å². The van der Waals surface area contributed by atoms with Crippen LogP contribution in [0.15, 0.2) is 0 Å². The van der Waals surface area contributed by atoms with Gasteiger partial charge in [0.15, 0.2) is 0 Å². The number of nitrogens with zero attached hydrogens (tertiary/aromatic N) is 1. The molecule has 30 heavy (non-hydrogen) atoms. The molecule has 2 N–H and O–H groups in total. The third kappa shape index (κ3) is 19.5. The molecular weight excluding hydrogens is 368 g/mol. The second-order valence-corrected chi connectivity index (χ2v) is 10.1. The fraction of sp³-hybridized carbons (Fsp3) is 0.963. The van der Waals surface area contributed by atoms with Crippen molar-refractivity contribution in [3.8, 4) is 0 Å². The molecule has 0 atom stereocenters. The molecule has 0 aromatic rings. The van der Waals surface area contributed by atoms with E-state index in [0.717, 1.165) is 25.8 Å². The first-order chi connectivity index (χ1) is 14.5. The van der Waals surface area contributed by atoms with Crippen molar-refractivity contribution in [2.24, 2.45) is 5.73 Å². The summed E-state index contributed by atoms with van der Waals surface area (Å²) in [5.41, 5.74) is 5.57. The number of rotatable bonds is 23. The number of unbranched alkanes of at least 4 members (excludes halogenated alkanes) is 18. The van der Waals surface area contributed by atoms with Gasteiger partial charge in [-0.05, 0) is 13.0 Å². The first-order valence-electron chi connectivity index (χ1n) is 13.6. The molecule has 0 heterocycles. The van der Waals surface area contributed by atoms with Gasteiger partial charge in [-0.2, -0.15) is 0 Å². The molecule has 0 aromatic heterocycles. The molecule has 0 aromatic carbocycles. The molecule has 0 rings (SSSR count). The van der Waals surface area contributed by atoms with E-state index < -0.39 is 0 Å². The maximum absolute atomic E-state index is 12.3. The van der Waals surface area contributed by atoms with Crippen molar-refractivity contribution in [1.82, 2.24) is 0 Å². The van der Waals surface area contributed by atoms with Crippen LogP contribution in [0.1, 0.15) is 142 Å². The zero-order valence-electron chi connectivity index (χ0n) is 21.2. The Morgan fingerprint density at radius 2 is 0.900 bits per heavy atom. The zero-order valence-corrected chi connectivity index (χ0v) is 21.2. The van der Waals surface area contributed by atoms with Gasteiger partial charge in [0.2, 0.25) is 0 Å². The molecule has 180 valence electrons. The normalized spacial score (nSPS) is 11.9. The summed E-state index contributed by atoms with van der Waals surface area (Å²) in [5.74, 6) is 0.371. The van der Waals surface area contributed by atoms with E-state index >= 15 is 0 Å². The lowest BCUT2D eigenvalue weighted by atomic mass is 10.0. The summed E-state index contributed by atoms with van der Waals surface area (Å²) in [5, 5.41) is 0. The van der Waals surface area contributed by atoms with E-state index in [1.165, 1.54) is 116 Å². The van der Waals surface area contributed by atoms with Gasteiger partial charge in [-0.25, -0.2) is 4.79 Å². The largest absolute Gasteiger partial charge is 0.330 e. The highest BCUT2D eigenvalue weighted by atomic mass is 16.2. The van der Waals surface area contributed by atoms with Gasteiger partial charge in [0, 0.05) is 6.42 Å². The van der Waals surface area contributed by atoms with Crippen LogP contribution >= 0.6 is 0 Å². The maximum Gasteiger partial charge on any atom is 0.313 e. The van der Waals surface area contributed by atoms with E-state index in [4.69, 9.17) is 5.73 Å². The van der Waals surface area contributed by atoms with Crippen LogP contribution in [-0.4, -0.2) is 37.6 Å². The van der Waals surface area contributed by atoms with Gasteiger partial charge in [0.1, 0.15) is 0 Å². The van der Waals surface area contributed by atoms with Crippen LogP contribution in [0.3, 0.4) is 0 Å². The molecule has 0 saturated heterocycles. The summed E-state index contributed by atoms with van der Waals surface area (Å²) in [7, 11) is 4.04. The zero-order chi connectivity index (χ0) is 22.3. The van der Waals surface area contributed by atoms with E-state index in [9.17, 15) is 4.79 Å². The Morgan fingerprint density at radius 3 is 1.23 bits per heavy atom. The van der Waals surface area contributed by atoms with Crippen LogP contribution in [0, 0.1) is 0 Å². The average Bonchev–Trinajstić information content (AvgIpc) is 2.73. The number of amides is 1. The SMILES string of the molecule is CCCCCCCCCCCCCCCCCCCCCC(=O)[N+](C)(C)CCCN. The Labute approximate surface area is 190 Å². The van der Waals surface area contributed by atoms with Crippen LogP contribution in [-0.2, 0) is 4.79 Å². The topological polar surface area (TPSA) is 43.1 Å². The van der Waals surface area contributed by atoms with E-state index in [0.29, 0.717) is 16.9 Å². The van der Waals surface area contributed by atoms with Gasteiger partial charge in [0.25, 0.3) is 0 Å². The number of nitrogens with two attached hydrogens (primary N) is 1. The predicted molar refractivity (Wildman–Crippen MR) is 134 cm³/mol. The lowest BCUT2D eigenvalue weighted by Gasteiger charge is -2.26. The minimum atomic E-state index is 0.371. The molecule has 0 aliphatic carbocycles. The molecular formula is C27H57N2O+. The fourth-order valence-corrected chi connectivity index (χ4v) is 4.27. The average molecular weight is 426 g/mol. The second-order valence-electron chi connectivity index (χ2n) is 10.1. The number of quaternary nitrogens is 1. The van der Waals surface area contributed by atoms with E-state index in [2.05, 4.69) is 6.92 Å². The lowest BCUT2D eigenvalue weighted by molar-refractivity contribution is -0.814. The van der Waals surface area contributed by atoms with Crippen molar-refractivity contribution < 1.29 is 9.28 Å². The van der Waals surface area contributed by atoms with E-state index in [1.807, 2.05) is 14.1 Å². The first-order valence-corrected chi connectivity index (χ1v) is 13.6. The Balaban J connectivity index is 3.24. The highest BCUT2D eigenvalue weighted by Crippen LogP contribution is 2.15. The van der Waals surface area contributed by atoms with Crippen LogP contribution in [0.5, 0.6) is 0 Å². The van der Waals surface area contributed by atoms with Crippen molar-refractivity contribution in [2.45, 2.75) is 142 Å². The summed E-state index contributed by atoms with van der Waals surface area (Å²) < 4.78 is 0.496. The molecule has 0 saturated carbocycles. The van der Waals surface area contributed by atoms with Crippen molar-refractivity contribution in [1.29, 1.82) is 0 Å². The third-order valence-electron chi connectivity index (χ3n) is 6.59. The van der Waals surface area contributed by atoms with Crippen molar-refractivity contribution in [2.75, 3.05) is 27.2 Å². The summed E-state index contributed by atoms with van der Waals surface area (Å²) in [4.78, 5) is 12.3. The predicted octanol–water partition coefficient (Wildman–Crippen LogP) is 7.76. The summed E-state index contributed by atoms with van der Waals surface area (Å²) in [6.07, 6.45) is 28.1. The number of hydrogen-bond acceptors (Lipinski definition) is 2. The van der Waals surface area contributed by atoms with Gasteiger partial charge < -0.3 is 5.73 Å². The quantitative estimate of drug-likeness (QED) is 0.134. The smallest absolute Gasteiger partial charge is 0.313 e. The number of hydrogen-bond donors (Lipinski definition) is 1. The lowest BCUT2D eigenvalue weighted by Crippen LogP contribution is -2.46. The first kappa shape index (κ1) is 29.6. The molecule has 3 nitrogen and oxygen atoms in total. The highest BCUT2D eigenvalue weighted by Gasteiger charge is 2.24. The molecule has 3 heteroatoms. The number of carbonyl (C=O) groups is 1. The van der Waals surface area contributed by atoms with Crippen LogP contribution in [0.25, 0.3) is 0 Å². The molecule has 0 unspecified atom stereocenters. The van der Waals surface area contributed by atoms with E-state index in [1.54, 1.807) is 0 Å². The molecule has 0 spiro atoms.